The number of fused-ring (bicyclic) bond motifs is 2. The van der Waals surface area contributed by atoms with E-state index in [1.54, 1.807) is 0 Å². The maximum Gasteiger partial charge on any atom is 0.108 e. The molecule has 3 aromatic rings. The monoisotopic (exact) mass is 363 g/mol. The summed E-state index contributed by atoms with van der Waals surface area (Å²) in [5, 5.41) is 3.89. The second-order valence-electron chi connectivity index (χ2n) is 7.64. The zero-order valence-electron chi connectivity index (χ0n) is 16.0. The standard InChI is InChI=1S/C22H29N5/c1-15-11-12-16-6-4-10-20(22(16)24-15)25-17(7-5-13-23)14-21-26-18-8-2-3-9-19(18)27-21/h2-3,8-9,11-12,17,20,25H,4-7,10,13-14,23H2,1H3,(H,26,27). The number of pyridine rings is 1. The molecule has 4 N–H and O–H groups in total. The van der Waals surface area contributed by atoms with E-state index < -0.39 is 0 Å². The number of nitrogens with one attached hydrogen (secondary N) is 2. The normalized spacial score (nSPS) is 17.8. The van der Waals surface area contributed by atoms with Gasteiger partial charge in [-0.15, -0.1) is 0 Å². The van der Waals surface area contributed by atoms with Gasteiger partial charge in [0.1, 0.15) is 5.82 Å². The summed E-state index contributed by atoms with van der Waals surface area (Å²) in [5.41, 5.74) is 11.7. The van der Waals surface area contributed by atoms with Gasteiger partial charge in [0.15, 0.2) is 0 Å². The van der Waals surface area contributed by atoms with E-state index in [1.165, 1.54) is 17.7 Å². The second kappa shape index (κ2) is 8.19. The molecule has 142 valence electrons. The van der Waals surface area contributed by atoms with E-state index in [0.717, 1.165) is 61.2 Å². The van der Waals surface area contributed by atoms with Crippen LogP contribution in [0.5, 0.6) is 0 Å². The second-order valence-corrected chi connectivity index (χ2v) is 7.64. The molecule has 2 unspecified atom stereocenters. The molecule has 0 aliphatic heterocycles. The van der Waals surface area contributed by atoms with Crippen molar-refractivity contribution in [3.05, 3.63) is 59.2 Å². The number of aryl methyl sites for hydroxylation is 2. The van der Waals surface area contributed by atoms with Gasteiger partial charge in [0, 0.05) is 24.2 Å². The third-order valence-electron chi connectivity index (χ3n) is 5.49. The average Bonchev–Trinajstić information content (AvgIpc) is 3.09. The predicted octanol–water partition coefficient (Wildman–Crippen LogP) is 3.58. The maximum atomic E-state index is 5.80. The van der Waals surface area contributed by atoms with E-state index in [-0.39, 0.29) is 0 Å². The molecule has 5 nitrogen and oxygen atoms in total. The molecule has 0 saturated heterocycles. The molecule has 27 heavy (non-hydrogen) atoms. The molecule has 4 rings (SSSR count). The summed E-state index contributed by atoms with van der Waals surface area (Å²) < 4.78 is 0. The summed E-state index contributed by atoms with van der Waals surface area (Å²) in [6, 6.07) is 13.3. The Balaban J connectivity index is 1.53. The van der Waals surface area contributed by atoms with Crippen molar-refractivity contribution in [2.24, 2.45) is 5.73 Å². The fourth-order valence-corrected chi connectivity index (χ4v) is 4.14. The van der Waals surface area contributed by atoms with Crippen molar-refractivity contribution >= 4 is 11.0 Å². The van der Waals surface area contributed by atoms with Crippen molar-refractivity contribution < 1.29 is 0 Å². The minimum atomic E-state index is 0.320. The number of aromatic amines is 1. The number of benzene rings is 1. The molecule has 2 heterocycles. The lowest BCUT2D eigenvalue weighted by Crippen LogP contribution is -2.37. The fourth-order valence-electron chi connectivity index (χ4n) is 4.14. The van der Waals surface area contributed by atoms with Crippen molar-refractivity contribution in [1.29, 1.82) is 0 Å². The van der Waals surface area contributed by atoms with E-state index in [1.807, 2.05) is 12.1 Å². The number of imidazole rings is 1. The molecule has 1 aliphatic rings. The van der Waals surface area contributed by atoms with Crippen LogP contribution in [-0.2, 0) is 12.8 Å². The Morgan fingerprint density at radius 2 is 2.11 bits per heavy atom. The highest BCUT2D eigenvalue weighted by Crippen LogP contribution is 2.29. The molecule has 0 radical (unpaired) electrons. The van der Waals surface area contributed by atoms with E-state index >= 15 is 0 Å². The van der Waals surface area contributed by atoms with E-state index in [9.17, 15) is 0 Å². The van der Waals surface area contributed by atoms with E-state index in [0.29, 0.717) is 12.1 Å². The Bertz CT molecular complexity index is 868. The van der Waals surface area contributed by atoms with Crippen LogP contribution in [0.15, 0.2) is 36.4 Å². The van der Waals surface area contributed by atoms with Gasteiger partial charge >= 0.3 is 0 Å². The molecule has 1 aliphatic carbocycles. The van der Waals surface area contributed by atoms with Gasteiger partial charge < -0.3 is 16.0 Å². The Morgan fingerprint density at radius 3 is 2.96 bits per heavy atom. The summed E-state index contributed by atoms with van der Waals surface area (Å²) in [6.07, 6.45) is 6.43. The molecule has 2 atom stereocenters. The third-order valence-corrected chi connectivity index (χ3v) is 5.49. The first kappa shape index (κ1) is 18.1. The van der Waals surface area contributed by atoms with Crippen LogP contribution in [0, 0.1) is 6.92 Å². The molecule has 0 fully saturated rings. The van der Waals surface area contributed by atoms with Crippen LogP contribution in [0.1, 0.15) is 54.5 Å². The van der Waals surface area contributed by atoms with Gasteiger partial charge in [0.05, 0.1) is 16.7 Å². The number of nitrogens with zero attached hydrogens (tertiary/aromatic N) is 2. The van der Waals surface area contributed by atoms with E-state index in [4.69, 9.17) is 15.7 Å². The largest absolute Gasteiger partial charge is 0.342 e. The zero-order chi connectivity index (χ0) is 18.6. The van der Waals surface area contributed by atoms with Crippen LogP contribution < -0.4 is 11.1 Å². The Labute approximate surface area is 160 Å². The highest BCUT2D eigenvalue weighted by molar-refractivity contribution is 5.74. The molecular formula is C22H29N5. The molecule has 2 aromatic heterocycles. The SMILES string of the molecule is Cc1ccc2c(n1)C(NC(CCCN)Cc1nc3ccccc3[nH]1)CCC2. The molecule has 5 heteroatoms. The number of para-hydroxylation sites is 2. The predicted molar refractivity (Wildman–Crippen MR) is 110 cm³/mol. The first-order chi connectivity index (χ1) is 13.2. The lowest BCUT2D eigenvalue weighted by molar-refractivity contribution is 0.363. The molecule has 0 saturated carbocycles. The van der Waals surface area contributed by atoms with Crippen LogP contribution in [0.25, 0.3) is 11.0 Å². The van der Waals surface area contributed by atoms with Gasteiger partial charge in [-0.2, -0.15) is 0 Å². The van der Waals surface area contributed by atoms with Gasteiger partial charge in [0.2, 0.25) is 0 Å². The average molecular weight is 364 g/mol. The first-order valence-electron chi connectivity index (χ1n) is 10.1. The highest BCUT2D eigenvalue weighted by Gasteiger charge is 2.24. The van der Waals surface area contributed by atoms with Crippen molar-refractivity contribution in [2.45, 2.75) is 57.5 Å². The molecule has 1 aromatic carbocycles. The molecule has 0 amide bonds. The minimum absolute atomic E-state index is 0.320. The van der Waals surface area contributed by atoms with Gasteiger partial charge in [-0.25, -0.2) is 4.98 Å². The summed E-state index contributed by atoms with van der Waals surface area (Å²) in [5.74, 6) is 1.04. The summed E-state index contributed by atoms with van der Waals surface area (Å²) in [7, 11) is 0. The molecule has 0 spiro atoms. The van der Waals surface area contributed by atoms with Gasteiger partial charge in [-0.05, 0) is 69.3 Å². The molecular weight excluding hydrogens is 334 g/mol. The van der Waals surface area contributed by atoms with Gasteiger partial charge in [-0.1, -0.05) is 18.2 Å². The van der Waals surface area contributed by atoms with Crippen LogP contribution in [0.2, 0.25) is 0 Å². The minimum Gasteiger partial charge on any atom is -0.342 e. The number of hydrogen-bond acceptors (Lipinski definition) is 4. The lowest BCUT2D eigenvalue weighted by Gasteiger charge is -2.30. The highest BCUT2D eigenvalue weighted by atomic mass is 15.0. The van der Waals surface area contributed by atoms with Crippen LogP contribution >= 0.6 is 0 Å². The van der Waals surface area contributed by atoms with E-state index in [2.05, 4.69) is 41.5 Å². The lowest BCUT2D eigenvalue weighted by atomic mass is 9.90. The van der Waals surface area contributed by atoms with Gasteiger partial charge in [0.25, 0.3) is 0 Å². The number of hydrogen-bond donors (Lipinski definition) is 3. The van der Waals surface area contributed by atoms with Crippen molar-refractivity contribution in [2.75, 3.05) is 6.54 Å². The Morgan fingerprint density at radius 1 is 1.22 bits per heavy atom. The zero-order valence-corrected chi connectivity index (χ0v) is 16.0. The first-order valence-corrected chi connectivity index (χ1v) is 10.1. The van der Waals surface area contributed by atoms with Crippen LogP contribution in [0.4, 0.5) is 0 Å². The topological polar surface area (TPSA) is 79.6 Å². The van der Waals surface area contributed by atoms with Crippen LogP contribution in [0.3, 0.4) is 0 Å². The van der Waals surface area contributed by atoms with Crippen molar-refractivity contribution in [3.8, 4) is 0 Å². The maximum absolute atomic E-state index is 5.80. The fraction of sp³-hybridized carbons (Fsp3) is 0.455. The van der Waals surface area contributed by atoms with Crippen LogP contribution in [-0.4, -0.2) is 27.5 Å². The smallest absolute Gasteiger partial charge is 0.108 e. The number of nitrogens with two attached hydrogens (primary N) is 1. The number of aromatic nitrogens is 3. The van der Waals surface area contributed by atoms with Crippen molar-refractivity contribution in [3.63, 3.8) is 0 Å². The Hall–Kier alpha value is -2.24. The van der Waals surface area contributed by atoms with Crippen molar-refractivity contribution in [1.82, 2.24) is 20.3 Å². The quantitative estimate of drug-likeness (QED) is 0.599. The van der Waals surface area contributed by atoms with Gasteiger partial charge in [-0.3, -0.25) is 4.98 Å². The summed E-state index contributed by atoms with van der Waals surface area (Å²) in [6.45, 7) is 2.79. The summed E-state index contributed by atoms with van der Waals surface area (Å²) >= 11 is 0. The third kappa shape index (κ3) is 4.20. The number of rotatable bonds is 7. The summed E-state index contributed by atoms with van der Waals surface area (Å²) in [4.78, 5) is 13.1. The number of H-pyrrole nitrogens is 1. The Kier molecular flexibility index (Phi) is 5.50. The molecule has 0 bridgehead atoms.